The quantitative estimate of drug-likeness (QED) is 0.355. The van der Waals surface area contributed by atoms with E-state index in [0.717, 1.165) is 28.9 Å². The van der Waals surface area contributed by atoms with Crippen LogP contribution in [0, 0.1) is 0 Å². The van der Waals surface area contributed by atoms with Crippen molar-refractivity contribution in [2.24, 2.45) is 5.73 Å². The van der Waals surface area contributed by atoms with Crippen LogP contribution >= 0.6 is 11.3 Å². The molecule has 3 aromatic rings. The molecule has 0 radical (unpaired) electrons. The molecule has 0 bridgehead atoms. The van der Waals surface area contributed by atoms with E-state index in [9.17, 15) is 4.79 Å². The first kappa shape index (κ1) is 21.7. The summed E-state index contributed by atoms with van der Waals surface area (Å²) in [6.07, 6.45) is 3.37. The summed E-state index contributed by atoms with van der Waals surface area (Å²) in [4.78, 5) is 21.7. The minimum atomic E-state index is -0.431. The van der Waals surface area contributed by atoms with Gasteiger partial charge in [-0.2, -0.15) is 4.98 Å². The molecule has 8 heteroatoms. The number of carbonyl (C=O) groups is 1. The molecular formula is C22H26N5O2S-. The van der Waals surface area contributed by atoms with Crippen molar-refractivity contribution in [2.75, 3.05) is 26.2 Å². The number of carbonyl (C=O) groups excluding carboxylic acids is 1. The van der Waals surface area contributed by atoms with Gasteiger partial charge in [-0.15, -0.1) is 13.1 Å². The van der Waals surface area contributed by atoms with Gasteiger partial charge in [0.05, 0.1) is 4.70 Å². The molecule has 0 atom stereocenters. The second-order valence-corrected chi connectivity index (χ2v) is 7.83. The minimum absolute atomic E-state index is 0.431. The van der Waals surface area contributed by atoms with Crippen LogP contribution in [0.15, 0.2) is 54.7 Å². The molecule has 7 nitrogen and oxygen atoms in total. The lowest BCUT2D eigenvalue weighted by atomic mass is 10.1. The van der Waals surface area contributed by atoms with Crippen LogP contribution in [0.25, 0.3) is 15.7 Å². The first-order valence-corrected chi connectivity index (χ1v) is 10.7. The Morgan fingerprint density at radius 3 is 2.77 bits per heavy atom. The number of pyridine rings is 1. The van der Waals surface area contributed by atoms with E-state index in [1.54, 1.807) is 11.1 Å². The van der Waals surface area contributed by atoms with Gasteiger partial charge in [0.15, 0.2) is 5.65 Å². The Morgan fingerprint density at radius 2 is 2.07 bits per heavy atom. The molecule has 2 amide bonds. The van der Waals surface area contributed by atoms with Crippen molar-refractivity contribution in [3.05, 3.63) is 65.6 Å². The van der Waals surface area contributed by atoms with Crippen molar-refractivity contribution in [3.8, 4) is 10.9 Å². The molecule has 2 N–H and O–H groups in total. The van der Waals surface area contributed by atoms with Crippen LogP contribution in [-0.4, -0.2) is 47.1 Å². The molecule has 30 heavy (non-hydrogen) atoms. The number of benzene rings is 1. The van der Waals surface area contributed by atoms with Crippen molar-refractivity contribution in [2.45, 2.75) is 19.8 Å². The van der Waals surface area contributed by atoms with Crippen molar-refractivity contribution in [1.82, 2.24) is 14.9 Å². The van der Waals surface area contributed by atoms with Gasteiger partial charge in [0, 0.05) is 19.3 Å². The first-order valence-electron chi connectivity index (χ1n) is 9.87. The summed E-state index contributed by atoms with van der Waals surface area (Å²) in [6, 6.07) is 11.3. The molecule has 0 unspecified atom stereocenters. The molecule has 158 valence electrons. The molecule has 0 fully saturated rings. The maximum Gasteiger partial charge on any atom is 0.315 e. The predicted octanol–water partition coefficient (Wildman–Crippen LogP) is 4.75. The smallest absolute Gasteiger partial charge is 0.315 e. The number of ether oxygens (including phenoxy) is 1. The van der Waals surface area contributed by atoms with E-state index >= 15 is 0 Å². The molecule has 3 rings (SSSR count). The van der Waals surface area contributed by atoms with Crippen LogP contribution in [0.2, 0.25) is 0 Å². The standard InChI is InChI=1S/C22H26N5O2S/c1-3-16(2)15-27(21(23)28)14-13-24-12-10-17-6-8-18(9-7-17)29-22-26-20-19(30-22)5-4-11-25-20/h4-9,11H,2-3,10,12-15H2,1H3,(H2,23,28)/q-1. The SMILES string of the molecule is C=C(CC)CN(CC[N-]CCc1ccc(Oc2nc3ncccc3s2)cc1)C(N)=O. The molecule has 0 saturated heterocycles. The van der Waals surface area contributed by atoms with E-state index in [-0.39, 0.29) is 0 Å². The second kappa shape index (κ2) is 10.7. The molecule has 0 aliphatic rings. The Kier molecular flexibility index (Phi) is 7.75. The van der Waals surface area contributed by atoms with Crippen LogP contribution in [0.3, 0.4) is 0 Å². The lowest BCUT2D eigenvalue weighted by molar-refractivity contribution is 0.213. The number of hydrogen-bond acceptors (Lipinski definition) is 5. The Hall–Kier alpha value is -2.97. The van der Waals surface area contributed by atoms with Crippen LogP contribution in [0.4, 0.5) is 4.79 Å². The summed E-state index contributed by atoms with van der Waals surface area (Å²) < 4.78 is 6.84. The topological polar surface area (TPSA) is 95.4 Å². The average Bonchev–Trinajstić information content (AvgIpc) is 3.15. The number of nitrogens with zero attached hydrogens (tertiary/aromatic N) is 4. The zero-order valence-corrected chi connectivity index (χ0v) is 17.9. The van der Waals surface area contributed by atoms with Gasteiger partial charge >= 0.3 is 6.03 Å². The van der Waals surface area contributed by atoms with E-state index in [1.165, 1.54) is 16.9 Å². The summed E-state index contributed by atoms with van der Waals surface area (Å²) in [5.74, 6) is 0.739. The summed E-state index contributed by atoms with van der Waals surface area (Å²) in [5.41, 5.74) is 8.27. The third-order valence-corrected chi connectivity index (χ3v) is 5.47. The van der Waals surface area contributed by atoms with Crippen LogP contribution in [0.5, 0.6) is 10.9 Å². The highest BCUT2D eigenvalue weighted by Crippen LogP contribution is 2.30. The number of aromatic nitrogens is 2. The molecule has 0 aliphatic carbocycles. The fourth-order valence-electron chi connectivity index (χ4n) is 2.78. The number of hydrogen-bond donors (Lipinski definition) is 1. The average molecular weight is 425 g/mol. The van der Waals surface area contributed by atoms with Crippen molar-refractivity contribution in [3.63, 3.8) is 0 Å². The number of rotatable bonds is 11. The zero-order chi connectivity index (χ0) is 21.3. The number of fused-ring (bicyclic) bond motifs is 1. The molecule has 1 aromatic carbocycles. The van der Waals surface area contributed by atoms with Gasteiger partial charge in [-0.3, -0.25) is 0 Å². The monoisotopic (exact) mass is 424 g/mol. The Bertz CT molecular complexity index is 954. The van der Waals surface area contributed by atoms with Crippen molar-refractivity contribution in [1.29, 1.82) is 0 Å². The number of urea groups is 1. The largest absolute Gasteiger partial charge is 0.661 e. The van der Waals surface area contributed by atoms with Crippen LogP contribution < -0.4 is 10.5 Å². The van der Waals surface area contributed by atoms with E-state index in [4.69, 9.17) is 10.5 Å². The van der Waals surface area contributed by atoms with Gasteiger partial charge in [-0.25, -0.2) is 9.78 Å². The molecule has 2 aromatic heterocycles. The highest BCUT2D eigenvalue weighted by molar-refractivity contribution is 7.20. The Labute approximate surface area is 180 Å². The third-order valence-electron chi connectivity index (χ3n) is 4.59. The maximum absolute atomic E-state index is 11.5. The zero-order valence-electron chi connectivity index (χ0n) is 17.1. The number of amides is 2. The fraction of sp³-hybridized carbons (Fsp3) is 0.318. The number of nitrogens with two attached hydrogens (primary N) is 1. The van der Waals surface area contributed by atoms with E-state index in [0.29, 0.717) is 37.0 Å². The van der Waals surface area contributed by atoms with Crippen LogP contribution in [0.1, 0.15) is 18.9 Å². The molecular weight excluding hydrogens is 398 g/mol. The van der Waals surface area contributed by atoms with Gasteiger partial charge in [-0.05, 0) is 42.7 Å². The van der Waals surface area contributed by atoms with Gasteiger partial charge in [0.25, 0.3) is 5.19 Å². The Morgan fingerprint density at radius 1 is 1.27 bits per heavy atom. The van der Waals surface area contributed by atoms with E-state index in [2.05, 4.69) is 21.9 Å². The fourth-order valence-corrected chi connectivity index (χ4v) is 3.57. The van der Waals surface area contributed by atoms with Crippen molar-refractivity contribution >= 4 is 27.7 Å². The normalized spacial score (nSPS) is 10.8. The Balaban J connectivity index is 1.41. The van der Waals surface area contributed by atoms with Gasteiger partial charge in [0.2, 0.25) is 0 Å². The number of thiazole rings is 1. The van der Waals surface area contributed by atoms with Crippen molar-refractivity contribution < 1.29 is 9.53 Å². The summed E-state index contributed by atoms with van der Waals surface area (Å²) >= 11 is 1.47. The summed E-state index contributed by atoms with van der Waals surface area (Å²) in [5, 5.41) is 5.09. The molecule has 2 heterocycles. The number of primary amides is 1. The minimum Gasteiger partial charge on any atom is -0.661 e. The lowest BCUT2D eigenvalue weighted by Gasteiger charge is -2.26. The molecule has 0 aliphatic heterocycles. The summed E-state index contributed by atoms with van der Waals surface area (Å²) in [6.45, 7) is 8.19. The predicted molar refractivity (Wildman–Crippen MR) is 121 cm³/mol. The molecule has 0 saturated carbocycles. The van der Waals surface area contributed by atoms with E-state index in [1.807, 2.05) is 43.3 Å². The third kappa shape index (κ3) is 6.27. The highest BCUT2D eigenvalue weighted by atomic mass is 32.1. The first-order chi connectivity index (χ1) is 14.5. The molecule has 0 spiro atoms. The summed E-state index contributed by atoms with van der Waals surface area (Å²) in [7, 11) is 0. The second-order valence-electron chi connectivity index (χ2n) is 6.84. The van der Waals surface area contributed by atoms with Gasteiger partial charge in [-0.1, -0.05) is 42.5 Å². The highest BCUT2D eigenvalue weighted by Gasteiger charge is 2.08. The van der Waals surface area contributed by atoms with Crippen LogP contribution in [-0.2, 0) is 6.42 Å². The lowest BCUT2D eigenvalue weighted by Crippen LogP contribution is -2.38. The van der Waals surface area contributed by atoms with Gasteiger partial charge < -0.3 is 20.7 Å². The maximum atomic E-state index is 11.5. The van der Waals surface area contributed by atoms with Gasteiger partial charge in [0.1, 0.15) is 5.75 Å². The van der Waals surface area contributed by atoms with E-state index < -0.39 is 6.03 Å².